The van der Waals surface area contributed by atoms with E-state index in [1.54, 1.807) is 38.7 Å². The summed E-state index contributed by atoms with van der Waals surface area (Å²) >= 11 is 0. The highest BCUT2D eigenvalue weighted by atomic mass is 32.2. The maximum Gasteiger partial charge on any atom is 0.265 e. The van der Waals surface area contributed by atoms with E-state index in [0.29, 0.717) is 30.2 Å². The molecule has 0 bridgehead atoms. The number of fused-ring (bicyclic) bond motifs is 3. The second-order valence-corrected chi connectivity index (χ2v) is 8.59. The van der Waals surface area contributed by atoms with Crippen LogP contribution in [0.3, 0.4) is 0 Å². The van der Waals surface area contributed by atoms with Crippen LogP contribution < -0.4 is 14.0 Å². The number of sulfonamides is 1. The molecule has 0 radical (unpaired) electrons. The highest BCUT2D eigenvalue weighted by Crippen LogP contribution is 2.21. The number of aromatic amines is 1. The topological polar surface area (TPSA) is 131 Å². The van der Waals surface area contributed by atoms with Crippen molar-refractivity contribution >= 4 is 38.0 Å². The number of nitrogens with one attached hydrogen (secondary N) is 2. The first-order chi connectivity index (χ1) is 14.9. The average Bonchev–Trinajstić information content (AvgIpc) is 3.16. The molecule has 4 heterocycles. The first-order valence-corrected chi connectivity index (χ1v) is 11.1. The normalized spacial score (nSPS) is 11.7. The number of pyridine rings is 3. The number of hydrogen-bond donors (Lipinski definition) is 2. The molecule has 0 saturated carbocycles. The van der Waals surface area contributed by atoms with Crippen LogP contribution in [0.2, 0.25) is 0 Å². The van der Waals surface area contributed by atoms with Crippen molar-refractivity contribution in [2.24, 2.45) is 0 Å². The van der Waals surface area contributed by atoms with Gasteiger partial charge in [0.2, 0.25) is 18.1 Å². The summed E-state index contributed by atoms with van der Waals surface area (Å²) < 4.78 is 33.8. The highest BCUT2D eigenvalue weighted by molar-refractivity contribution is 7.90. The number of methoxy groups -OCH3 is 1. The summed E-state index contributed by atoms with van der Waals surface area (Å²) in [6.45, 7) is 2.20. The minimum absolute atomic E-state index is 0.0597. The standard InChI is InChI=1S/C20H20N6O4S/c1-3-4-17(27)25-31(28,29)14-6-5-13(21-9-14)11-26-12-23-16-10-22-20-15(19(16)26)7-8-18(24-20)30-2/h5-10,12H,3-4,11H2,1-2H3,(H,25,27)/p+1. The van der Waals surface area contributed by atoms with E-state index < -0.39 is 15.9 Å². The Morgan fingerprint density at radius 3 is 2.74 bits per heavy atom. The molecule has 0 aliphatic carbocycles. The summed E-state index contributed by atoms with van der Waals surface area (Å²) in [5.74, 6) is -0.0578. The van der Waals surface area contributed by atoms with E-state index in [1.165, 1.54) is 12.3 Å². The lowest BCUT2D eigenvalue weighted by Gasteiger charge is -2.07. The van der Waals surface area contributed by atoms with Crippen LogP contribution in [0.5, 0.6) is 5.88 Å². The van der Waals surface area contributed by atoms with Gasteiger partial charge in [0.1, 0.15) is 11.4 Å². The van der Waals surface area contributed by atoms with Crippen LogP contribution >= 0.6 is 0 Å². The third-order valence-corrected chi connectivity index (χ3v) is 6.07. The molecule has 4 rings (SSSR count). The number of amides is 1. The van der Waals surface area contributed by atoms with Gasteiger partial charge in [0.25, 0.3) is 10.0 Å². The van der Waals surface area contributed by atoms with Crippen LogP contribution in [-0.2, 0) is 21.4 Å². The van der Waals surface area contributed by atoms with Gasteiger partial charge in [-0.05, 0) is 24.6 Å². The molecule has 11 heteroatoms. The monoisotopic (exact) mass is 441 g/mol. The SMILES string of the molecule is CCCC(=O)NS(=O)(=O)c1ccc(C[n+]2c[nH]c3cnc4nc(OC)ccc4c32)nc1. The van der Waals surface area contributed by atoms with Crippen LogP contribution in [0.15, 0.2) is 47.9 Å². The van der Waals surface area contributed by atoms with E-state index in [4.69, 9.17) is 4.74 Å². The first kappa shape index (κ1) is 20.7. The fourth-order valence-corrected chi connectivity index (χ4v) is 4.19. The summed E-state index contributed by atoms with van der Waals surface area (Å²) in [5, 5.41) is 0.845. The Balaban J connectivity index is 1.62. The molecule has 4 aromatic heterocycles. The van der Waals surface area contributed by atoms with E-state index >= 15 is 0 Å². The molecule has 4 aromatic rings. The molecule has 0 aliphatic rings. The van der Waals surface area contributed by atoms with E-state index in [0.717, 1.165) is 16.4 Å². The first-order valence-electron chi connectivity index (χ1n) is 9.62. The van der Waals surface area contributed by atoms with E-state index in [1.807, 2.05) is 10.6 Å². The van der Waals surface area contributed by atoms with Gasteiger partial charge in [-0.1, -0.05) is 6.92 Å². The van der Waals surface area contributed by atoms with Crippen LogP contribution in [-0.4, -0.2) is 41.4 Å². The largest absolute Gasteiger partial charge is 0.481 e. The molecule has 0 saturated heterocycles. The molecule has 0 fully saturated rings. The number of H-pyrrole nitrogens is 1. The second kappa shape index (κ2) is 8.26. The minimum Gasteiger partial charge on any atom is -0.481 e. The zero-order chi connectivity index (χ0) is 22.0. The molecule has 0 aliphatic heterocycles. The molecular weight excluding hydrogens is 420 g/mol. The Bertz CT molecular complexity index is 1370. The number of carbonyl (C=O) groups is 1. The van der Waals surface area contributed by atoms with Crippen molar-refractivity contribution in [2.75, 3.05) is 7.11 Å². The lowest BCUT2D eigenvalue weighted by molar-refractivity contribution is -0.662. The molecule has 2 N–H and O–H groups in total. The lowest BCUT2D eigenvalue weighted by atomic mass is 10.2. The fraction of sp³-hybridized carbons (Fsp3) is 0.250. The smallest absolute Gasteiger partial charge is 0.265 e. The number of carbonyl (C=O) groups excluding carboxylic acids is 1. The van der Waals surface area contributed by atoms with E-state index in [2.05, 4.69) is 24.7 Å². The zero-order valence-electron chi connectivity index (χ0n) is 17.0. The maximum absolute atomic E-state index is 12.3. The van der Waals surface area contributed by atoms with Crippen LogP contribution in [0.4, 0.5) is 0 Å². The summed E-state index contributed by atoms with van der Waals surface area (Å²) in [7, 11) is -2.38. The zero-order valence-corrected chi connectivity index (χ0v) is 17.8. The van der Waals surface area contributed by atoms with Crippen molar-refractivity contribution in [3.05, 3.63) is 48.7 Å². The van der Waals surface area contributed by atoms with Crippen molar-refractivity contribution < 1.29 is 22.5 Å². The molecule has 10 nitrogen and oxygen atoms in total. The Kier molecular flexibility index (Phi) is 5.51. The van der Waals surface area contributed by atoms with E-state index in [9.17, 15) is 13.2 Å². The second-order valence-electron chi connectivity index (χ2n) is 6.91. The summed E-state index contributed by atoms with van der Waals surface area (Å²) in [6, 6.07) is 6.72. The third kappa shape index (κ3) is 4.17. The number of nitrogens with zero attached hydrogens (tertiary/aromatic N) is 4. The number of imidazole rings is 1. The lowest BCUT2D eigenvalue weighted by Crippen LogP contribution is -2.33. The molecule has 0 spiro atoms. The van der Waals surface area contributed by atoms with E-state index in [-0.39, 0.29) is 11.3 Å². The Morgan fingerprint density at radius 2 is 2.03 bits per heavy atom. The van der Waals surface area contributed by atoms with Gasteiger partial charge in [-0.3, -0.25) is 9.78 Å². The summed E-state index contributed by atoms with van der Waals surface area (Å²) in [4.78, 5) is 27.8. The van der Waals surface area contributed by atoms with Crippen LogP contribution in [0.25, 0.3) is 22.1 Å². The molecule has 31 heavy (non-hydrogen) atoms. The highest BCUT2D eigenvalue weighted by Gasteiger charge is 2.19. The average molecular weight is 441 g/mol. The molecule has 0 atom stereocenters. The Hall–Kier alpha value is -3.60. The van der Waals surface area contributed by atoms with Gasteiger partial charge >= 0.3 is 0 Å². The van der Waals surface area contributed by atoms with Crippen molar-refractivity contribution in [2.45, 2.75) is 31.2 Å². The predicted octanol–water partition coefficient (Wildman–Crippen LogP) is 1.46. The van der Waals surface area contributed by atoms with Crippen molar-refractivity contribution in [1.29, 1.82) is 0 Å². The van der Waals surface area contributed by atoms with Crippen molar-refractivity contribution in [3.63, 3.8) is 0 Å². The number of rotatable bonds is 7. The van der Waals surface area contributed by atoms with Crippen LogP contribution in [0.1, 0.15) is 25.5 Å². The predicted molar refractivity (Wildman–Crippen MR) is 112 cm³/mol. The minimum atomic E-state index is -3.93. The molecule has 160 valence electrons. The quantitative estimate of drug-likeness (QED) is 0.415. The van der Waals surface area contributed by atoms with Crippen molar-refractivity contribution in [1.82, 2.24) is 24.7 Å². The summed E-state index contributed by atoms with van der Waals surface area (Å²) in [5.41, 5.74) is 2.93. The van der Waals surface area contributed by atoms with Gasteiger partial charge in [0, 0.05) is 18.7 Å². The number of ether oxygens (including phenoxy) is 1. The summed E-state index contributed by atoms with van der Waals surface area (Å²) in [6.07, 6.45) is 5.45. The number of aromatic nitrogens is 5. The third-order valence-electron chi connectivity index (χ3n) is 4.71. The van der Waals surface area contributed by atoms with Crippen LogP contribution in [0, 0.1) is 0 Å². The van der Waals surface area contributed by atoms with Gasteiger partial charge in [-0.15, -0.1) is 0 Å². The number of hydrogen-bond acceptors (Lipinski definition) is 7. The van der Waals surface area contributed by atoms with Gasteiger partial charge in [-0.25, -0.2) is 27.7 Å². The molecule has 0 unspecified atom stereocenters. The Labute approximate surface area is 178 Å². The van der Waals surface area contributed by atoms with Gasteiger partial charge in [-0.2, -0.15) is 4.98 Å². The molecular formula is C20H21N6O4S+. The van der Waals surface area contributed by atoms with Gasteiger partial charge in [0.05, 0.1) is 24.4 Å². The maximum atomic E-state index is 12.3. The molecule has 1 amide bonds. The van der Waals surface area contributed by atoms with Gasteiger partial charge in [0.15, 0.2) is 16.7 Å². The molecule has 0 aromatic carbocycles. The Morgan fingerprint density at radius 1 is 1.19 bits per heavy atom. The van der Waals surface area contributed by atoms with Gasteiger partial charge < -0.3 is 4.74 Å². The van der Waals surface area contributed by atoms with Crippen molar-refractivity contribution in [3.8, 4) is 5.88 Å². The fourth-order valence-electron chi connectivity index (χ4n) is 3.24.